The van der Waals surface area contributed by atoms with Crippen molar-refractivity contribution in [3.05, 3.63) is 23.8 Å². The lowest BCUT2D eigenvalue weighted by molar-refractivity contribution is 0.0697. The van der Waals surface area contributed by atoms with E-state index in [1.165, 1.54) is 18.2 Å². The zero-order valence-electron chi connectivity index (χ0n) is 6.64. The zero-order valence-corrected chi connectivity index (χ0v) is 6.64. The molecule has 5 nitrogen and oxygen atoms in total. The fraction of sp³-hybridized carbons (Fsp3) is 0. The molecule has 0 amide bonds. The summed E-state index contributed by atoms with van der Waals surface area (Å²) in [5.41, 5.74) is 5.55. The van der Waals surface area contributed by atoms with E-state index >= 15 is 0 Å². The van der Waals surface area contributed by atoms with E-state index in [9.17, 15) is 4.79 Å². The topological polar surface area (TPSA) is 104 Å². The smallest absolute Gasteiger partial charge is 0.478 e. The van der Waals surface area contributed by atoms with Crippen LogP contribution in [0.1, 0.15) is 10.4 Å². The molecule has 0 aliphatic carbocycles. The Balaban J connectivity index is 3.13. The molecule has 0 fully saturated rings. The molecule has 0 radical (unpaired) electrons. The maximum Gasteiger partial charge on any atom is 0.490 e. The summed E-state index contributed by atoms with van der Waals surface area (Å²) in [5.74, 6) is -1.11. The van der Waals surface area contributed by atoms with Crippen LogP contribution in [0, 0.1) is 0 Å². The fourth-order valence-corrected chi connectivity index (χ4v) is 0.943. The summed E-state index contributed by atoms with van der Waals surface area (Å²) in [6, 6.07) is 3.70. The minimum absolute atomic E-state index is 0.0156. The summed E-state index contributed by atoms with van der Waals surface area (Å²) in [6.07, 6.45) is 0. The Labute approximate surface area is 74.6 Å². The number of rotatable bonds is 2. The Morgan fingerprint density at radius 1 is 1.38 bits per heavy atom. The number of carboxylic acid groups (broad SMARTS) is 1. The molecule has 13 heavy (non-hydrogen) atoms. The van der Waals surface area contributed by atoms with Crippen LogP contribution in [0.5, 0.6) is 0 Å². The minimum Gasteiger partial charge on any atom is -0.478 e. The van der Waals surface area contributed by atoms with Gasteiger partial charge >= 0.3 is 13.1 Å². The maximum atomic E-state index is 10.5. The summed E-state index contributed by atoms with van der Waals surface area (Å²) < 4.78 is 0. The fourth-order valence-electron chi connectivity index (χ4n) is 0.943. The molecule has 0 saturated carbocycles. The van der Waals surface area contributed by atoms with Crippen LogP contribution >= 0.6 is 0 Å². The van der Waals surface area contributed by atoms with Gasteiger partial charge in [-0.05, 0) is 12.1 Å². The Morgan fingerprint density at radius 3 is 2.38 bits per heavy atom. The van der Waals surface area contributed by atoms with Crippen LogP contribution in [0.4, 0.5) is 5.69 Å². The average Bonchev–Trinajstić information content (AvgIpc) is 2.03. The molecule has 0 atom stereocenters. The number of nitrogen functional groups attached to an aromatic ring is 1. The summed E-state index contributed by atoms with van der Waals surface area (Å²) in [6.45, 7) is 0. The summed E-state index contributed by atoms with van der Waals surface area (Å²) in [5, 5.41) is 26.1. The molecule has 0 saturated heterocycles. The van der Waals surface area contributed by atoms with E-state index in [0.29, 0.717) is 0 Å². The van der Waals surface area contributed by atoms with Gasteiger partial charge in [0.25, 0.3) is 0 Å². The third-order valence-corrected chi connectivity index (χ3v) is 1.61. The van der Waals surface area contributed by atoms with Crippen LogP contribution in [0.15, 0.2) is 18.2 Å². The molecule has 68 valence electrons. The number of hydrogen-bond acceptors (Lipinski definition) is 4. The molecule has 0 heterocycles. The van der Waals surface area contributed by atoms with Crippen molar-refractivity contribution in [3.8, 4) is 0 Å². The van der Waals surface area contributed by atoms with Crippen LogP contribution in [-0.2, 0) is 0 Å². The molecule has 1 aromatic rings. The quantitative estimate of drug-likeness (QED) is 0.333. The van der Waals surface area contributed by atoms with E-state index in [1.807, 2.05) is 0 Å². The van der Waals surface area contributed by atoms with Crippen LogP contribution in [0.2, 0.25) is 0 Å². The number of aromatic carboxylic acids is 1. The largest absolute Gasteiger partial charge is 0.490 e. The van der Waals surface area contributed by atoms with Gasteiger partial charge in [-0.15, -0.1) is 0 Å². The normalized spacial score (nSPS) is 9.69. The third-order valence-electron chi connectivity index (χ3n) is 1.61. The van der Waals surface area contributed by atoms with Crippen molar-refractivity contribution in [1.29, 1.82) is 0 Å². The van der Waals surface area contributed by atoms with E-state index < -0.39 is 13.1 Å². The lowest BCUT2D eigenvalue weighted by Gasteiger charge is -2.04. The predicted octanol–water partition coefficient (Wildman–Crippen LogP) is -1.35. The second kappa shape index (κ2) is 3.46. The Hall–Kier alpha value is -1.53. The lowest BCUT2D eigenvalue weighted by atomic mass is 9.78. The maximum absolute atomic E-state index is 10.5. The molecular formula is C7H8BNO4. The summed E-state index contributed by atoms with van der Waals surface area (Å²) in [7, 11) is -1.68. The van der Waals surface area contributed by atoms with Gasteiger partial charge in [-0.2, -0.15) is 0 Å². The Kier molecular flexibility index (Phi) is 2.55. The number of carboxylic acids is 1. The highest BCUT2D eigenvalue weighted by Crippen LogP contribution is 2.04. The molecule has 1 aromatic carbocycles. The first-order chi connectivity index (χ1) is 6.02. The van der Waals surface area contributed by atoms with Crippen LogP contribution in [-0.4, -0.2) is 28.2 Å². The predicted molar refractivity (Wildman–Crippen MR) is 47.6 cm³/mol. The van der Waals surface area contributed by atoms with E-state index in [0.717, 1.165) is 0 Å². The highest BCUT2D eigenvalue weighted by atomic mass is 16.4. The van der Waals surface area contributed by atoms with Gasteiger partial charge < -0.3 is 20.9 Å². The van der Waals surface area contributed by atoms with Crippen molar-refractivity contribution in [1.82, 2.24) is 0 Å². The second-order valence-corrected chi connectivity index (χ2v) is 2.52. The zero-order chi connectivity index (χ0) is 10.0. The van der Waals surface area contributed by atoms with Gasteiger partial charge in [-0.3, -0.25) is 0 Å². The average molecular weight is 181 g/mol. The number of hydrogen-bond donors (Lipinski definition) is 4. The highest BCUT2D eigenvalue weighted by Gasteiger charge is 2.15. The summed E-state index contributed by atoms with van der Waals surface area (Å²) >= 11 is 0. The Bertz CT molecular complexity index is 339. The molecule has 0 bridgehead atoms. The molecule has 0 aromatic heterocycles. The van der Waals surface area contributed by atoms with E-state index in [4.69, 9.17) is 20.9 Å². The summed E-state index contributed by atoms with van der Waals surface area (Å²) in [4.78, 5) is 10.5. The van der Waals surface area contributed by atoms with Crippen LogP contribution in [0.3, 0.4) is 0 Å². The van der Waals surface area contributed by atoms with Gasteiger partial charge in [-0.25, -0.2) is 4.79 Å². The number of carbonyl (C=O) groups is 1. The second-order valence-electron chi connectivity index (χ2n) is 2.52. The number of benzene rings is 1. The number of nitrogens with two attached hydrogens (primary N) is 1. The molecule has 0 unspecified atom stereocenters. The van der Waals surface area contributed by atoms with Crippen molar-refractivity contribution >= 4 is 24.2 Å². The first-order valence-electron chi connectivity index (χ1n) is 3.51. The van der Waals surface area contributed by atoms with E-state index in [2.05, 4.69) is 0 Å². The van der Waals surface area contributed by atoms with Crippen molar-refractivity contribution in [3.63, 3.8) is 0 Å². The van der Waals surface area contributed by atoms with E-state index in [1.54, 1.807) is 0 Å². The monoisotopic (exact) mass is 181 g/mol. The minimum atomic E-state index is -1.68. The lowest BCUT2D eigenvalue weighted by Crippen LogP contribution is -2.32. The van der Waals surface area contributed by atoms with Gasteiger partial charge in [0.15, 0.2) is 0 Å². The van der Waals surface area contributed by atoms with Crippen molar-refractivity contribution in [2.45, 2.75) is 0 Å². The molecule has 1 rings (SSSR count). The number of anilines is 1. The van der Waals surface area contributed by atoms with Gasteiger partial charge in [0.1, 0.15) is 0 Å². The van der Waals surface area contributed by atoms with Gasteiger partial charge in [0.2, 0.25) is 0 Å². The van der Waals surface area contributed by atoms with Gasteiger partial charge in [0, 0.05) is 11.2 Å². The van der Waals surface area contributed by atoms with Gasteiger partial charge in [-0.1, -0.05) is 6.07 Å². The first-order valence-corrected chi connectivity index (χ1v) is 3.51. The van der Waals surface area contributed by atoms with Gasteiger partial charge in [0.05, 0.1) is 5.56 Å². The standard InChI is InChI=1S/C7H8BNO4/c9-6-3-4(7(10)11)1-2-5(6)8(12)13/h1-3,12-13H,9H2,(H,10,11). The van der Waals surface area contributed by atoms with Crippen molar-refractivity contribution in [2.24, 2.45) is 0 Å². The molecule has 5 N–H and O–H groups in total. The van der Waals surface area contributed by atoms with Crippen molar-refractivity contribution in [2.75, 3.05) is 5.73 Å². The molecule has 0 aliphatic rings. The molecule has 0 aliphatic heterocycles. The molecular weight excluding hydrogens is 173 g/mol. The first kappa shape index (κ1) is 9.56. The van der Waals surface area contributed by atoms with E-state index in [-0.39, 0.29) is 16.7 Å². The molecule has 6 heteroatoms. The highest BCUT2D eigenvalue weighted by molar-refractivity contribution is 6.60. The van der Waals surface area contributed by atoms with Crippen molar-refractivity contribution < 1.29 is 19.9 Å². The SMILES string of the molecule is Nc1cc(C(=O)O)ccc1B(O)O. The van der Waals surface area contributed by atoms with Crippen LogP contribution in [0.25, 0.3) is 0 Å². The Morgan fingerprint density at radius 2 is 2.00 bits per heavy atom. The molecule has 0 spiro atoms. The van der Waals surface area contributed by atoms with Crippen LogP contribution < -0.4 is 11.2 Å². The third kappa shape index (κ3) is 1.98.